The predicted octanol–water partition coefficient (Wildman–Crippen LogP) is -1.22. The van der Waals surface area contributed by atoms with Gasteiger partial charge >= 0.3 is 17.9 Å². The van der Waals surface area contributed by atoms with Crippen LogP contribution in [0.3, 0.4) is 0 Å². The van der Waals surface area contributed by atoms with Gasteiger partial charge < -0.3 is 79.1 Å². The number of ether oxygens (including phenoxy) is 7. The van der Waals surface area contributed by atoms with Crippen LogP contribution in [-0.2, 0) is 43.1 Å². The first-order chi connectivity index (χ1) is 28.0. The molecule has 21 nitrogen and oxygen atoms in total. The summed E-state index contributed by atoms with van der Waals surface area (Å²) in [5.41, 5.74) is -1.17. The fourth-order valence-electron chi connectivity index (χ4n) is 5.69. The molecule has 59 heavy (non-hydrogen) atoms. The van der Waals surface area contributed by atoms with E-state index < -0.39 is 111 Å². The Morgan fingerprint density at radius 3 is 1.98 bits per heavy atom. The first-order valence-electron chi connectivity index (χ1n) is 18.0. The van der Waals surface area contributed by atoms with E-state index in [0.717, 1.165) is 13.0 Å². The Bertz CT molecular complexity index is 1740. The number of phenolic OH excluding ortho intramolecular Hbond substituents is 1. The molecule has 0 aromatic heterocycles. The highest BCUT2D eigenvalue weighted by atomic mass is 17.2. The van der Waals surface area contributed by atoms with Crippen molar-refractivity contribution in [2.45, 2.75) is 86.8 Å². The Labute approximate surface area is 336 Å². The fourth-order valence-corrected chi connectivity index (χ4v) is 5.69. The molecule has 0 saturated carbocycles. The van der Waals surface area contributed by atoms with Crippen LogP contribution >= 0.6 is 0 Å². The molecule has 0 bridgehead atoms. The minimum Gasteiger partial charge on any atom is -0.508 e. The maximum Gasteiger partial charge on any atom is 0.365 e. The monoisotopic (exact) mass is 840 g/mol. The van der Waals surface area contributed by atoms with Gasteiger partial charge in [0, 0.05) is 12.5 Å². The van der Waals surface area contributed by atoms with Gasteiger partial charge in [-0.05, 0) is 60.9 Å². The van der Waals surface area contributed by atoms with Crippen LogP contribution in [0.2, 0.25) is 0 Å². The molecule has 0 amide bonds. The van der Waals surface area contributed by atoms with E-state index in [1.54, 1.807) is 0 Å². The number of rotatable bonds is 19. The van der Waals surface area contributed by atoms with E-state index in [-0.39, 0.29) is 29.6 Å². The van der Waals surface area contributed by atoms with Crippen molar-refractivity contribution in [2.75, 3.05) is 34.0 Å². The normalized spacial score (nSPS) is 28.2. The van der Waals surface area contributed by atoms with Crippen molar-refractivity contribution >= 4 is 30.1 Å². The third kappa shape index (κ3) is 12.3. The van der Waals surface area contributed by atoms with Crippen LogP contribution < -0.4 is 14.2 Å². The summed E-state index contributed by atoms with van der Waals surface area (Å²) in [6.45, 7) is -0.521. The van der Waals surface area contributed by atoms with Crippen molar-refractivity contribution < 1.29 is 103 Å². The summed E-state index contributed by atoms with van der Waals surface area (Å²) in [6.07, 6.45) is -12.3. The van der Waals surface area contributed by atoms with Gasteiger partial charge in [0.1, 0.15) is 67.8 Å². The predicted molar refractivity (Wildman–Crippen MR) is 196 cm³/mol. The molecular weight excluding hydrogens is 792 g/mol. The lowest BCUT2D eigenvalue weighted by molar-refractivity contribution is -0.346. The van der Waals surface area contributed by atoms with Crippen molar-refractivity contribution in [1.82, 2.24) is 0 Å². The average molecular weight is 841 g/mol. The number of aliphatic carboxylic acids is 1. The Hall–Kier alpha value is -4.91. The summed E-state index contributed by atoms with van der Waals surface area (Å²) in [5.74, 6) is -3.18. The van der Waals surface area contributed by atoms with Crippen molar-refractivity contribution in [1.29, 1.82) is 0 Å². The summed E-state index contributed by atoms with van der Waals surface area (Å²) in [6, 6.07) is 8.86. The van der Waals surface area contributed by atoms with Gasteiger partial charge in [0.25, 0.3) is 0 Å². The molecule has 0 aliphatic carbocycles. The topological polar surface area (TPSA) is 316 Å². The number of methoxy groups -OCH3 is 2. The van der Waals surface area contributed by atoms with Gasteiger partial charge in [0.2, 0.25) is 12.0 Å². The average Bonchev–Trinajstić information content (AvgIpc) is 3.22. The molecule has 11 atom stereocenters. The second-order valence-electron chi connectivity index (χ2n) is 13.4. The number of carboxylic acids is 1. The molecule has 0 spiro atoms. The zero-order valence-corrected chi connectivity index (χ0v) is 32.0. The number of carbonyl (C=O) groups excluding carboxylic acids is 2. The van der Waals surface area contributed by atoms with Crippen LogP contribution in [0.15, 0.2) is 48.6 Å². The number of esters is 1. The van der Waals surface area contributed by atoms with E-state index in [9.17, 15) is 60.3 Å². The molecule has 2 saturated heterocycles. The van der Waals surface area contributed by atoms with Gasteiger partial charge in [-0.25, -0.2) is 9.59 Å². The number of phenols is 1. The van der Waals surface area contributed by atoms with Crippen LogP contribution in [0.4, 0.5) is 0 Å². The number of carbonyl (C=O) groups is 3. The number of hydrogen-bond donors (Lipinski definition) is 9. The SMILES string of the molecule is COc1cc(/C=C/COC(=O)CCC(C)(O[C@@H]2O[C@H](COOC(=O)/C=C\c3ccc(O)cc3)[C@@H](O)[C@H](O)[C@H]2O)C(=O)O)cc(OC)c1O[C@@H]1O[C@H](CO)[C@@H](O)[C@H](O)[C@H]1O. The summed E-state index contributed by atoms with van der Waals surface area (Å²) >= 11 is 0. The summed E-state index contributed by atoms with van der Waals surface area (Å²) in [4.78, 5) is 46.4. The Balaban J connectivity index is 1.29. The van der Waals surface area contributed by atoms with Crippen LogP contribution in [0, 0.1) is 0 Å². The molecule has 0 radical (unpaired) electrons. The fraction of sp³-hybridized carbons (Fsp3) is 0.500. The molecule has 2 fully saturated rings. The molecule has 1 unspecified atom stereocenters. The van der Waals surface area contributed by atoms with Gasteiger partial charge in [-0.1, -0.05) is 18.2 Å². The molecule has 4 rings (SSSR count). The van der Waals surface area contributed by atoms with Crippen LogP contribution in [-0.4, -0.2) is 165 Å². The zero-order valence-electron chi connectivity index (χ0n) is 32.0. The van der Waals surface area contributed by atoms with Crippen molar-refractivity contribution in [3.8, 4) is 23.0 Å². The highest BCUT2D eigenvalue weighted by Gasteiger charge is 2.49. The van der Waals surface area contributed by atoms with Crippen LogP contribution in [0.1, 0.15) is 30.9 Å². The van der Waals surface area contributed by atoms with Crippen molar-refractivity contribution in [3.63, 3.8) is 0 Å². The minimum absolute atomic E-state index is 0.0282. The molecule has 9 N–H and O–H groups in total. The number of hydrogen-bond acceptors (Lipinski definition) is 20. The second-order valence-corrected chi connectivity index (χ2v) is 13.4. The van der Waals surface area contributed by atoms with Crippen molar-refractivity contribution in [3.05, 3.63) is 59.7 Å². The number of benzene rings is 2. The lowest BCUT2D eigenvalue weighted by Gasteiger charge is -2.42. The standard InChI is InChI=1S/C38H48O21/c1-38(37(49)50,58-36-33(48)31(46)29(44)25(56-36)18-54-59-27(42)11-8-19-6-9-21(40)10-7-19)13-12-26(41)53-14-4-5-20-15-22(51-2)34(23(16-20)52-3)57-35-32(47)30(45)28(43)24(17-39)55-35/h4-11,15-16,24-25,28-33,35-36,39-40,43-48H,12-14,17-18H2,1-3H3,(H,49,50)/b5-4+,11-8-/t24-,25-,28-,29-,30+,31+,32-,33-,35+,36+,38?/m1/s1. The highest BCUT2D eigenvalue weighted by Crippen LogP contribution is 2.41. The van der Waals surface area contributed by atoms with E-state index >= 15 is 0 Å². The first kappa shape index (κ1) is 46.8. The first-order valence-corrected chi connectivity index (χ1v) is 18.0. The van der Waals surface area contributed by atoms with E-state index in [4.69, 9.17) is 38.0 Å². The number of aliphatic hydroxyl groups is 7. The second kappa shape index (κ2) is 21.4. The summed E-state index contributed by atoms with van der Waals surface area (Å²) in [5, 5.41) is 90.7. The Kier molecular flexibility index (Phi) is 16.9. The maximum absolute atomic E-state index is 12.6. The molecule has 2 aliphatic heterocycles. The Morgan fingerprint density at radius 1 is 0.797 bits per heavy atom. The van der Waals surface area contributed by atoms with Crippen LogP contribution in [0.25, 0.3) is 12.2 Å². The summed E-state index contributed by atoms with van der Waals surface area (Å²) in [7, 11) is 2.64. The van der Waals surface area contributed by atoms with Crippen LogP contribution in [0.5, 0.6) is 23.0 Å². The quantitative estimate of drug-likeness (QED) is 0.0346. The number of carboxylic acid groups (broad SMARTS) is 1. The minimum atomic E-state index is -2.19. The van der Waals surface area contributed by atoms with Crippen molar-refractivity contribution in [2.24, 2.45) is 0 Å². The van der Waals surface area contributed by atoms with E-state index in [1.807, 2.05) is 0 Å². The van der Waals surface area contributed by atoms with E-state index in [1.165, 1.54) is 68.8 Å². The molecular formula is C38H48O21. The van der Waals surface area contributed by atoms with Gasteiger partial charge in [0.05, 0.1) is 20.8 Å². The Morgan fingerprint density at radius 2 is 1.39 bits per heavy atom. The molecule has 2 heterocycles. The third-order valence-corrected chi connectivity index (χ3v) is 9.20. The van der Waals surface area contributed by atoms with Gasteiger partial charge in [-0.15, -0.1) is 0 Å². The lowest BCUT2D eigenvalue weighted by atomic mass is 9.97. The third-order valence-electron chi connectivity index (χ3n) is 9.20. The van der Waals surface area contributed by atoms with E-state index in [0.29, 0.717) is 11.1 Å². The maximum atomic E-state index is 12.6. The highest BCUT2D eigenvalue weighted by molar-refractivity contribution is 5.86. The van der Waals surface area contributed by atoms with E-state index in [2.05, 4.69) is 4.89 Å². The molecule has 2 aromatic rings. The molecule has 2 aliphatic rings. The zero-order chi connectivity index (χ0) is 43.4. The smallest absolute Gasteiger partial charge is 0.365 e. The largest absolute Gasteiger partial charge is 0.508 e. The van der Waals surface area contributed by atoms with Gasteiger partial charge in [-0.3, -0.25) is 9.68 Å². The number of aromatic hydroxyl groups is 1. The van der Waals surface area contributed by atoms with Gasteiger partial charge in [-0.2, -0.15) is 4.89 Å². The molecule has 326 valence electrons. The lowest BCUT2D eigenvalue weighted by Crippen LogP contribution is -2.61. The van der Waals surface area contributed by atoms with Gasteiger partial charge in [0.15, 0.2) is 23.4 Å². The molecule has 21 heteroatoms. The molecule has 2 aromatic carbocycles. The number of aliphatic hydroxyl groups excluding tert-OH is 7. The summed E-state index contributed by atoms with van der Waals surface area (Å²) < 4.78 is 38.2.